The second kappa shape index (κ2) is 5.30. The van der Waals surface area contributed by atoms with Gasteiger partial charge in [-0.1, -0.05) is 18.1 Å². The summed E-state index contributed by atoms with van der Waals surface area (Å²) in [7, 11) is 1.65. The van der Waals surface area contributed by atoms with Gasteiger partial charge < -0.3 is 0 Å². The monoisotopic (exact) mass is 275 g/mol. The summed E-state index contributed by atoms with van der Waals surface area (Å²) in [4.78, 5) is 12.1. The van der Waals surface area contributed by atoms with Crippen LogP contribution in [-0.2, 0) is 18.3 Å². The molecule has 2 atom stereocenters. The highest BCUT2D eigenvalue weighted by Crippen LogP contribution is 2.42. The van der Waals surface area contributed by atoms with Gasteiger partial charge in [-0.25, -0.2) is 0 Å². The predicted molar refractivity (Wildman–Crippen MR) is 61.2 cm³/mol. The Morgan fingerprint density at radius 3 is 2.68 bits per heavy atom. The van der Waals surface area contributed by atoms with E-state index in [4.69, 9.17) is 0 Å². The minimum atomic E-state index is -4.29. The molecule has 0 saturated heterocycles. The molecule has 0 bridgehead atoms. The van der Waals surface area contributed by atoms with Crippen LogP contribution in [0.2, 0.25) is 0 Å². The van der Waals surface area contributed by atoms with Gasteiger partial charge in [-0.15, -0.1) is 5.10 Å². The Hall–Kier alpha value is -1.40. The van der Waals surface area contributed by atoms with E-state index in [1.165, 1.54) is 4.68 Å². The van der Waals surface area contributed by atoms with Gasteiger partial charge in [-0.2, -0.15) is 13.2 Å². The summed E-state index contributed by atoms with van der Waals surface area (Å²) in [6, 6.07) is 0. The van der Waals surface area contributed by atoms with Crippen LogP contribution in [0.5, 0.6) is 0 Å². The van der Waals surface area contributed by atoms with Crippen molar-refractivity contribution in [1.29, 1.82) is 0 Å². The Labute approximate surface area is 109 Å². The Morgan fingerprint density at radius 2 is 2.11 bits per heavy atom. The molecule has 19 heavy (non-hydrogen) atoms. The van der Waals surface area contributed by atoms with Crippen LogP contribution in [0.1, 0.15) is 31.4 Å². The molecule has 7 heteroatoms. The highest BCUT2D eigenvalue weighted by Gasteiger charge is 2.47. The maximum Gasteiger partial charge on any atom is 0.392 e. The molecule has 1 fully saturated rings. The van der Waals surface area contributed by atoms with Crippen molar-refractivity contribution in [2.45, 2.75) is 38.3 Å². The number of rotatable bonds is 3. The molecular formula is C12H16F3N3O. The molecule has 1 saturated carbocycles. The molecule has 1 aromatic heterocycles. The van der Waals surface area contributed by atoms with Gasteiger partial charge in [-0.05, 0) is 12.8 Å². The Bertz CT molecular complexity index is 455. The minimum Gasteiger partial charge on any atom is -0.299 e. The first kappa shape index (κ1) is 14.0. The topological polar surface area (TPSA) is 47.8 Å². The van der Waals surface area contributed by atoms with Crippen molar-refractivity contribution in [3.8, 4) is 0 Å². The number of aromatic nitrogens is 3. The van der Waals surface area contributed by atoms with E-state index >= 15 is 0 Å². The number of aryl methyl sites for hydroxylation is 1. The molecule has 0 radical (unpaired) electrons. The number of hydrogen-bond donors (Lipinski definition) is 0. The first-order valence-corrected chi connectivity index (χ1v) is 6.32. The normalized spacial score (nSPS) is 24.4. The second-order valence-corrected chi connectivity index (χ2v) is 5.07. The first-order valence-electron chi connectivity index (χ1n) is 6.32. The average molecular weight is 275 g/mol. The molecule has 0 amide bonds. The van der Waals surface area contributed by atoms with Crippen LogP contribution >= 0.6 is 0 Å². The van der Waals surface area contributed by atoms with Crippen LogP contribution in [0, 0.1) is 11.8 Å². The van der Waals surface area contributed by atoms with E-state index in [9.17, 15) is 18.0 Å². The SMILES string of the molecule is Cn1cc(CC(=O)C2CCCCC2C(F)(F)F)nn1. The van der Waals surface area contributed by atoms with E-state index in [0.717, 1.165) is 0 Å². The maximum atomic E-state index is 12.9. The number of carbonyl (C=O) groups excluding carboxylic acids is 1. The molecule has 1 aromatic rings. The molecule has 1 aliphatic carbocycles. The fraction of sp³-hybridized carbons (Fsp3) is 0.750. The van der Waals surface area contributed by atoms with Crippen molar-refractivity contribution in [2.75, 3.05) is 0 Å². The van der Waals surface area contributed by atoms with E-state index in [-0.39, 0.29) is 18.6 Å². The highest BCUT2D eigenvalue weighted by molar-refractivity contribution is 5.83. The zero-order chi connectivity index (χ0) is 14.0. The lowest BCUT2D eigenvalue weighted by molar-refractivity contribution is -0.197. The number of ketones is 1. The summed E-state index contributed by atoms with van der Waals surface area (Å²) < 4.78 is 40.2. The number of carbonyl (C=O) groups is 1. The third-order valence-corrected chi connectivity index (χ3v) is 3.61. The van der Waals surface area contributed by atoms with Crippen LogP contribution in [-0.4, -0.2) is 27.0 Å². The van der Waals surface area contributed by atoms with Gasteiger partial charge in [0.1, 0.15) is 5.78 Å². The summed E-state index contributed by atoms with van der Waals surface area (Å²) in [6.45, 7) is 0. The number of halogens is 3. The van der Waals surface area contributed by atoms with Gasteiger partial charge in [0.25, 0.3) is 0 Å². The van der Waals surface area contributed by atoms with Gasteiger partial charge in [0.2, 0.25) is 0 Å². The summed E-state index contributed by atoms with van der Waals surface area (Å²) in [5.74, 6) is -2.79. The van der Waals surface area contributed by atoms with Crippen LogP contribution in [0.3, 0.4) is 0 Å². The number of alkyl halides is 3. The van der Waals surface area contributed by atoms with Gasteiger partial charge in [-0.3, -0.25) is 9.48 Å². The molecule has 2 rings (SSSR count). The molecule has 0 spiro atoms. The van der Waals surface area contributed by atoms with Gasteiger partial charge >= 0.3 is 6.18 Å². The van der Waals surface area contributed by atoms with E-state index in [2.05, 4.69) is 10.3 Å². The van der Waals surface area contributed by atoms with E-state index in [1.807, 2.05) is 0 Å². The molecule has 0 aromatic carbocycles. The number of Topliss-reactive ketones (excluding diaryl/α,β-unsaturated/α-hetero) is 1. The van der Waals surface area contributed by atoms with Crippen molar-refractivity contribution in [3.05, 3.63) is 11.9 Å². The van der Waals surface area contributed by atoms with Crippen LogP contribution in [0.15, 0.2) is 6.20 Å². The Kier molecular flexibility index (Phi) is 3.91. The third-order valence-electron chi connectivity index (χ3n) is 3.61. The summed E-state index contributed by atoms with van der Waals surface area (Å²) in [5.41, 5.74) is 0.430. The van der Waals surface area contributed by atoms with Crippen molar-refractivity contribution in [1.82, 2.24) is 15.0 Å². The molecule has 0 aliphatic heterocycles. The predicted octanol–water partition coefficient (Wildman–Crippen LogP) is 2.30. The van der Waals surface area contributed by atoms with Gasteiger partial charge in [0.05, 0.1) is 18.0 Å². The quantitative estimate of drug-likeness (QED) is 0.850. The minimum absolute atomic E-state index is 0.0559. The van der Waals surface area contributed by atoms with E-state index in [0.29, 0.717) is 25.0 Å². The fourth-order valence-electron chi connectivity index (χ4n) is 2.69. The zero-order valence-corrected chi connectivity index (χ0v) is 10.7. The third kappa shape index (κ3) is 3.33. The lowest BCUT2D eigenvalue weighted by Gasteiger charge is -2.31. The Morgan fingerprint density at radius 1 is 1.42 bits per heavy atom. The molecule has 1 aliphatic rings. The molecule has 1 heterocycles. The fourth-order valence-corrected chi connectivity index (χ4v) is 2.69. The van der Waals surface area contributed by atoms with Crippen molar-refractivity contribution in [3.63, 3.8) is 0 Å². The largest absolute Gasteiger partial charge is 0.392 e. The highest BCUT2D eigenvalue weighted by atomic mass is 19.4. The second-order valence-electron chi connectivity index (χ2n) is 5.07. The zero-order valence-electron chi connectivity index (χ0n) is 10.7. The van der Waals surface area contributed by atoms with Crippen molar-refractivity contribution in [2.24, 2.45) is 18.9 Å². The smallest absolute Gasteiger partial charge is 0.299 e. The van der Waals surface area contributed by atoms with Crippen LogP contribution in [0.4, 0.5) is 13.2 Å². The summed E-state index contributed by atoms with van der Waals surface area (Å²) in [6.07, 6.45) is -1.19. The number of nitrogens with zero attached hydrogens (tertiary/aromatic N) is 3. The standard InChI is InChI=1S/C12H16F3N3O/c1-18-7-8(16-17-18)6-11(19)9-4-2-3-5-10(9)12(13,14)15/h7,9-10H,2-6H2,1H3. The molecular weight excluding hydrogens is 259 g/mol. The molecule has 2 unspecified atom stereocenters. The van der Waals surface area contributed by atoms with Crippen LogP contribution in [0.25, 0.3) is 0 Å². The maximum absolute atomic E-state index is 12.9. The molecule has 106 valence electrons. The van der Waals surface area contributed by atoms with Crippen molar-refractivity contribution < 1.29 is 18.0 Å². The lowest BCUT2D eigenvalue weighted by Crippen LogP contribution is -2.37. The first-order chi connectivity index (χ1) is 8.88. The van der Waals surface area contributed by atoms with Crippen LogP contribution < -0.4 is 0 Å². The van der Waals surface area contributed by atoms with Gasteiger partial charge in [0, 0.05) is 19.2 Å². The molecule has 0 N–H and O–H groups in total. The summed E-state index contributed by atoms with van der Waals surface area (Å²) in [5, 5.41) is 7.42. The lowest BCUT2D eigenvalue weighted by atomic mass is 9.75. The summed E-state index contributed by atoms with van der Waals surface area (Å²) >= 11 is 0. The molecule has 4 nitrogen and oxygen atoms in total. The van der Waals surface area contributed by atoms with E-state index < -0.39 is 18.0 Å². The van der Waals surface area contributed by atoms with Crippen molar-refractivity contribution >= 4 is 5.78 Å². The van der Waals surface area contributed by atoms with Gasteiger partial charge in [0.15, 0.2) is 0 Å². The van der Waals surface area contributed by atoms with E-state index in [1.54, 1.807) is 13.2 Å². The average Bonchev–Trinajstić information content (AvgIpc) is 2.73. The number of hydrogen-bond acceptors (Lipinski definition) is 3. The Balaban J connectivity index is 2.07.